The Morgan fingerprint density at radius 2 is 1.82 bits per heavy atom. The number of imide groups is 1. The summed E-state index contributed by atoms with van der Waals surface area (Å²) in [6, 6.07) is 6.74. The fourth-order valence-corrected chi connectivity index (χ4v) is 5.32. The minimum absolute atomic E-state index is 0.275. The minimum Gasteiger partial charge on any atom is -0.356 e. The Hall–Kier alpha value is -2.83. The van der Waals surface area contributed by atoms with Gasteiger partial charge in [-0.15, -0.1) is 0 Å². The molecule has 1 saturated heterocycles. The van der Waals surface area contributed by atoms with Crippen molar-refractivity contribution < 1.29 is 14.4 Å². The van der Waals surface area contributed by atoms with Crippen LogP contribution >= 0.6 is 0 Å². The number of benzene rings is 1. The first-order valence-corrected chi connectivity index (χ1v) is 12.4. The highest BCUT2D eigenvalue weighted by molar-refractivity contribution is 6.10. The van der Waals surface area contributed by atoms with Crippen LogP contribution in [0.5, 0.6) is 0 Å². The molecule has 0 saturated carbocycles. The smallest absolute Gasteiger partial charge is 0.328 e. The van der Waals surface area contributed by atoms with Crippen LogP contribution in [0.25, 0.3) is 10.9 Å². The molecule has 0 radical (unpaired) electrons. The fourth-order valence-electron chi connectivity index (χ4n) is 5.32. The SMILES string of the molecule is CCCCCCCCCNC(=O)C(C)N1C(=O)N2CCc3c([nH]c4ccccc34)C2(C)C1=O. The van der Waals surface area contributed by atoms with Gasteiger partial charge in [-0.05, 0) is 38.3 Å². The summed E-state index contributed by atoms with van der Waals surface area (Å²) in [5.74, 6) is -0.610. The number of fused-ring (bicyclic) bond motifs is 5. The maximum Gasteiger partial charge on any atom is 0.328 e. The maximum atomic E-state index is 13.6. The number of amides is 4. The Morgan fingerprint density at radius 3 is 2.58 bits per heavy atom. The largest absolute Gasteiger partial charge is 0.356 e. The van der Waals surface area contributed by atoms with Crippen molar-refractivity contribution in [2.45, 2.75) is 83.7 Å². The van der Waals surface area contributed by atoms with Gasteiger partial charge >= 0.3 is 6.03 Å². The molecule has 3 heterocycles. The highest BCUT2D eigenvalue weighted by atomic mass is 16.2. The third kappa shape index (κ3) is 4.02. The lowest BCUT2D eigenvalue weighted by Gasteiger charge is -2.36. The van der Waals surface area contributed by atoms with Crippen LogP contribution in [0.4, 0.5) is 4.79 Å². The van der Waals surface area contributed by atoms with Crippen LogP contribution in [-0.2, 0) is 21.5 Å². The second-order valence-corrected chi connectivity index (χ2v) is 9.54. The van der Waals surface area contributed by atoms with Gasteiger partial charge in [0.05, 0.1) is 5.69 Å². The summed E-state index contributed by atoms with van der Waals surface area (Å²) in [6.07, 6.45) is 8.87. The van der Waals surface area contributed by atoms with Gasteiger partial charge in [0.2, 0.25) is 5.91 Å². The molecule has 2 N–H and O–H groups in total. The van der Waals surface area contributed by atoms with Gasteiger partial charge in [0.15, 0.2) is 5.54 Å². The number of nitrogens with one attached hydrogen (secondary N) is 2. The summed E-state index contributed by atoms with van der Waals surface area (Å²) in [5, 5.41) is 4.02. The van der Waals surface area contributed by atoms with Gasteiger partial charge in [-0.1, -0.05) is 63.6 Å². The number of aromatic amines is 1. The lowest BCUT2D eigenvalue weighted by Crippen LogP contribution is -2.50. The topological polar surface area (TPSA) is 85.5 Å². The number of aromatic nitrogens is 1. The van der Waals surface area contributed by atoms with E-state index in [4.69, 9.17) is 0 Å². The molecule has 2 atom stereocenters. The Bertz CT molecular complexity index is 1050. The van der Waals surface area contributed by atoms with Gasteiger partial charge in [-0.25, -0.2) is 9.69 Å². The van der Waals surface area contributed by atoms with E-state index < -0.39 is 11.6 Å². The highest BCUT2D eigenvalue weighted by Gasteiger charge is 2.60. The average molecular weight is 453 g/mol. The van der Waals surface area contributed by atoms with E-state index in [0.29, 0.717) is 19.5 Å². The summed E-state index contributed by atoms with van der Waals surface area (Å²) in [6.45, 7) is 6.67. The van der Waals surface area contributed by atoms with E-state index in [9.17, 15) is 14.4 Å². The molecule has 33 heavy (non-hydrogen) atoms. The molecule has 2 aliphatic rings. The van der Waals surface area contributed by atoms with E-state index in [1.165, 1.54) is 32.1 Å². The summed E-state index contributed by atoms with van der Waals surface area (Å²) < 4.78 is 0. The number of rotatable bonds is 10. The van der Waals surface area contributed by atoms with E-state index in [2.05, 4.69) is 17.2 Å². The van der Waals surface area contributed by atoms with Gasteiger partial charge in [-0.2, -0.15) is 0 Å². The molecule has 2 aromatic rings. The zero-order valence-corrected chi connectivity index (χ0v) is 20.1. The van der Waals surface area contributed by atoms with Crippen LogP contribution in [0.2, 0.25) is 0 Å². The monoisotopic (exact) mass is 452 g/mol. The zero-order valence-electron chi connectivity index (χ0n) is 20.1. The molecule has 7 nitrogen and oxygen atoms in total. The molecule has 4 rings (SSSR count). The molecular formula is C26H36N4O3. The fraction of sp³-hybridized carbons (Fsp3) is 0.577. The van der Waals surface area contributed by atoms with E-state index in [-0.39, 0.29) is 17.8 Å². The lowest BCUT2D eigenvalue weighted by molar-refractivity contribution is -0.139. The first-order chi connectivity index (χ1) is 15.9. The van der Waals surface area contributed by atoms with Crippen molar-refractivity contribution in [2.75, 3.05) is 13.1 Å². The van der Waals surface area contributed by atoms with Gasteiger partial charge < -0.3 is 15.2 Å². The summed E-state index contributed by atoms with van der Waals surface area (Å²) in [5.41, 5.74) is 1.70. The molecule has 0 aliphatic carbocycles. The first-order valence-electron chi connectivity index (χ1n) is 12.4. The average Bonchev–Trinajstić information content (AvgIpc) is 3.29. The van der Waals surface area contributed by atoms with Crippen LogP contribution in [0.3, 0.4) is 0 Å². The minimum atomic E-state index is -1.11. The molecule has 1 aromatic heterocycles. The number of nitrogens with zero attached hydrogens (tertiary/aromatic N) is 2. The molecule has 0 bridgehead atoms. The molecular weight excluding hydrogens is 416 g/mol. The molecule has 0 spiro atoms. The van der Waals surface area contributed by atoms with Gasteiger partial charge in [0.1, 0.15) is 6.04 Å². The molecule has 1 aromatic carbocycles. The van der Waals surface area contributed by atoms with Crippen LogP contribution < -0.4 is 5.32 Å². The summed E-state index contributed by atoms with van der Waals surface area (Å²) in [4.78, 5) is 45.9. The van der Waals surface area contributed by atoms with Crippen LogP contribution in [0.15, 0.2) is 24.3 Å². The van der Waals surface area contributed by atoms with Crippen molar-refractivity contribution in [3.05, 3.63) is 35.5 Å². The third-order valence-electron chi connectivity index (χ3n) is 7.34. The highest BCUT2D eigenvalue weighted by Crippen LogP contribution is 2.44. The van der Waals surface area contributed by atoms with Crippen molar-refractivity contribution in [2.24, 2.45) is 0 Å². The Kier molecular flexibility index (Phi) is 6.77. The standard InChI is InChI=1S/C26H36N4O3/c1-4-5-6-7-8-9-12-16-27-23(31)18(2)30-24(32)26(3)22-20(15-17-29(26)25(30)33)19-13-10-11-14-21(19)28-22/h10-11,13-14,18,28H,4-9,12,15-17H2,1-3H3,(H,27,31). The maximum absolute atomic E-state index is 13.6. The Balaban J connectivity index is 1.42. The second-order valence-electron chi connectivity index (χ2n) is 9.54. The summed E-state index contributed by atoms with van der Waals surface area (Å²) >= 11 is 0. The zero-order chi connectivity index (χ0) is 23.6. The molecule has 2 aliphatic heterocycles. The molecule has 4 amide bonds. The quantitative estimate of drug-likeness (QED) is 0.412. The number of hydrogen-bond donors (Lipinski definition) is 2. The third-order valence-corrected chi connectivity index (χ3v) is 7.34. The molecule has 1 fully saturated rings. The Morgan fingerprint density at radius 1 is 1.12 bits per heavy atom. The number of H-pyrrole nitrogens is 1. The molecule has 2 unspecified atom stereocenters. The molecule has 7 heteroatoms. The van der Waals surface area contributed by atoms with Crippen molar-refractivity contribution in [1.29, 1.82) is 0 Å². The number of carbonyl (C=O) groups is 3. The number of unbranched alkanes of at least 4 members (excludes halogenated alkanes) is 6. The predicted octanol–water partition coefficient (Wildman–Crippen LogP) is 4.46. The second kappa shape index (κ2) is 9.57. The lowest BCUT2D eigenvalue weighted by atomic mass is 9.87. The number of para-hydroxylation sites is 1. The van der Waals surface area contributed by atoms with Crippen LogP contribution in [0.1, 0.15) is 77.0 Å². The van der Waals surface area contributed by atoms with Gasteiger partial charge in [0.25, 0.3) is 5.91 Å². The normalized spacial score (nSPS) is 20.8. The number of hydrogen-bond acceptors (Lipinski definition) is 3. The molecule has 178 valence electrons. The Labute approximate surface area is 195 Å². The van der Waals surface area contributed by atoms with Gasteiger partial charge in [0, 0.05) is 24.0 Å². The number of carbonyl (C=O) groups excluding carboxylic acids is 3. The van der Waals surface area contributed by atoms with Crippen LogP contribution in [0, 0.1) is 0 Å². The van der Waals surface area contributed by atoms with Crippen molar-refractivity contribution >= 4 is 28.7 Å². The van der Waals surface area contributed by atoms with E-state index in [1.54, 1.807) is 18.7 Å². The summed E-state index contributed by atoms with van der Waals surface area (Å²) in [7, 11) is 0. The van der Waals surface area contributed by atoms with E-state index >= 15 is 0 Å². The van der Waals surface area contributed by atoms with Crippen molar-refractivity contribution in [3.8, 4) is 0 Å². The van der Waals surface area contributed by atoms with E-state index in [0.717, 1.165) is 39.9 Å². The predicted molar refractivity (Wildman–Crippen MR) is 129 cm³/mol. The van der Waals surface area contributed by atoms with Gasteiger partial charge in [-0.3, -0.25) is 9.59 Å². The number of urea groups is 1. The first kappa shape index (κ1) is 23.3. The van der Waals surface area contributed by atoms with Crippen molar-refractivity contribution in [3.63, 3.8) is 0 Å². The van der Waals surface area contributed by atoms with Crippen LogP contribution in [-0.4, -0.2) is 51.8 Å². The van der Waals surface area contributed by atoms with E-state index in [1.807, 2.05) is 24.3 Å². The van der Waals surface area contributed by atoms with Crippen molar-refractivity contribution in [1.82, 2.24) is 20.1 Å².